The van der Waals surface area contributed by atoms with Gasteiger partial charge < -0.3 is 10.2 Å². The average Bonchev–Trinajstić information content (AvgIpc) is 2.39. The predicted molar refractivity (Wildman–Crippen MR) is 93.5 cm³/mol. The van der Waals surface area contributed by atoms with Crippen LogP contribution >= 0.6 is 15.9 Å². The molecule has 0 saturated heterocycles. The summed E-state index contributed by atoms with van der Waals surface area (Å²) in [6.07, 6.45) is 2.36. The first-order valence-electron chi connectivity index (χ1n) is 7.71. The van der Waals surface area contributed by atoms with E-state index in [2.05, 4.69) is 79.1 Å². The van der Waals surface area contributed by atoms with E-state index in [1.807, 2.05) is 0 Å². The monoisotopic (exact) mass is 340 g/mol. The maximum Gasteiger partial charge on any atom is 0.0412 e. The number of nitrogens with one attached hydrogen (secondary N) is 1. The summed E-state index contributed by atoms with van der Waals surface area (Å²) in [5.41, 5.74) is 2.72. The fourth-order valence-corrected chi connectivity index (χ4v) is 2.98. The molecule has 0 saturated carbocycles. The van der Waals surface area contributed by atoms with Crippen LogP contribution in [0.4, 0.5) is 5.69 Å². The molecule has 2 nitrogen and oxygen atoms in total. The molecular weight excluding hydrogens is 312 g/mol. The predicted octanol–water partition coefficient (Wildman–Crippen LogP) is 4.82. The molecule has 0 unspecified atom stereocenters. The lowest BCUT2D eigenvalue weighted by Gasteiger charge is -2.30. The summed E-state index contributed by atoms with van der Waals surface area (Å²) in [7, 11) is 2.22. The van der Waals surface area contributed by atoms with Gasteiger partial charge in [-0.3, -0.25) is 0 Å². The van der Waals surface area contributed by atoms with Crippen LogP contribution in [0.5, 0.6) is 0 Å². The van der Waals surface area contributed by atoms with Crippen molar-refractivity contribution >= 4 is 21.6 Å². The minimum atomic E-state index is 0.611. The fourth-order valence-electron chi connectivity index (χ4n) is 2.57. The molecule has 1 aromatic rings. The second-order valence-electron chi connectivity index (χ2n) is 5.88. The Labute approximate surface area is 133 Å². The minimum Gasteiger partial charge on any atom is -0.371 e. The summed E-state index contributed by atoms with van der Waals surface area (Å²) >= 11 is 3.59. The van der Waals surface area contributed by atoms with Gasteiger partial charge in [0, 0.05) is 29.8 Å². The highest BCUT2D eigenvalue weighted by Crippen LogP contribution is 2.26. The molecule has 0 radical (unpaired) electrons. The summed E-state index contributed by atoms with van der Waals surface area (Å²) in [4.78, 5) is 2.43. The van der Waals surface area contributed by atoms with Crippen molar-refractivity contribution < 1.29 is 0 Å². The molecule has 0 heterocycles. The van der Waals surface area contributed by atoms with Crippen LogP contribution in [0.25, 0.3) is 0 Å². The number of hydrogen-bond donors (Lipinski definition) is 1. The number of halogens is 1. The van der Waals surface area contributed by atoms with E-state index in [0.29, 0.717) is 12.0 Å². The van der Waals surface area contributed by atoms with Gasteiger partial charge in [-0.15, -0.1) is 0 Å². The van der Waals surface area contributed by atoms with Crippen molar-refractivity contribution in [2.24, 2.45) is 5.92 Å². The second-order valence-corrected chi connectivity index (χ2v) is 6.79. The molecule has 0 aliphatic rings. The summed E-state index contributed by atoms with van der Waals surface area (Å²) in [5.74, 6) is 0.683. The first-order chi connectivity index (χ1) is 9.49. The average molecular weight is 341 g/mol. The summed E-state index contributed by atoms with van der Waals surface area (Å²) in [6, 6.07) is 7.22. The van der Waals surface area contributed by atoms with Crippen LogP contribution in [0, 0.1) is 5.92 Å². The molecule has 1 N–H and O–H groups in total. The van der Waals surface area contributed by atoms with Gasteiger partial charge in [-0.05, 0) is 49.1 Å². The molecule has 1 aromatic carbocycles. The summed E-state index contributed by atoms with van der Waals surface area (Å²) < 4.78 is 1.15. The first-order valence-corrected chi connectivity index (χ1v) is 8.50. The SMILES string of the molecule is CCC(CC)N(C)c1ccc(Br)cc1CNCC(C)C. The molecule has 20 heavy (non-hydrogen) atoms. The number of rotatable bonds is 8. The Hall–Kier alpha value is -0.540. The Morgan fingerprint density at radius 1 is 1.20 bits per heavy atom. The van der Waals surface area contributed by atoms with Gasteiger partial charge >= 0.3 is 0 Å². The van der Waals surface area contributed by atoms with E-state index in [4.69, 9.17) is 0 Å². The van der Waals surface area contributed by atoms with Crippen molar-refractivity contribution in [1.29, 1.82) is 0 Å². The zero-order chi connectivity index (χ0) is 15.1. The second kappa shape index (κ2) is 8.68. The van der Waals surface area contributed by atoms with E-state index >= 15 is 0 Å². The standard InChI is InChI=1S/C17H29BrN2/c1-6-16(7-2)20(5)17-9-8-15(18)10-14(17)12-19-11-13(3)4/h8-10,13,16,19H,6-7,11-12H2,1-5H3. The normalized spacial score (nSPS) is 11.4. The largest absolute Gasteiger partial charge is 0.371 e. The maximum atomic E-state index is 3.59. The van der Waals surface area contributed by atoms with Gasteiger partial charge in [0.25, 0.3) is 0 Å². The van der Waals surface area contributed by atoms with E-state index in [0.717, 1.165) is 17.6 Å². The number of nitrogens with zero attached hydrogens (tertiary/aromatic N) is 1. The number of anilines is 1. The quantitative estimate of drug-likeness (QED) is 0.729. The van der Waals surface area contributed by atoms with Gasteiger partial charge in [-0.1, -0.05) is 43.6 Å². The third kappa shape index (κ3) is 5.10. The van der Waals surface area contributed by atoms with E-state index < -0.39 is 0 Å². The molecule has 0 amide bonds. The van der Waals surface area contributed by atoms with Gasteiger partial charge in [-0.2, -0.15) is 0 Å². The van der Waals surface area contributed by atoms with E-state index in [9.17, 15) is 0 Å². The Bertz CT molecular complexity index is 400. The highest BCUT2D eigenvalue weighted by molar-refractivity contribution is 9.10. The molecule has 3 heteroatoms. The van der Waals surface area contributed by atoms with Crippen LogP contribution in [-0.2, 0) is 6.54 Å². The van der Waals surface area contributed by atoms with Gasteiger partial charge in [-0.25, -0.2) is 0 Å². The molecule has 1 rings (SSSR count). The Balaban J connectivity index is 2.88. The van der Waals surface area contributed by atoms with Crippen LogP contribution in [0.15, 0.2) is 22.7 Å². The Morgan fingerprint density at radius 3 is 2.40 bits per heavy atom. The van der Waals surface area contributed by atoms with E-state index in [1.54, 1.807) is 0 Å². The van der Waals surface area contributed by atoms with Gasteiger partial charge in [0.1, 0.15) is 0 Å². The molecule has 0 atom stereocenters. The van der Waals surface area contributed by atoms with Crippen molar-refractivity contribution in [1.82, 2.24) is 5.32 Å². The van der Waals surface area contributed by atoms with Crippen molar-refractivity contribution in [3.8, 4) is 0 Å². The van der Waals surface area contributed by atoms with E-state index in [-0.39, 0.29) is 0 Å². The fraction of sp³-hybridized carbons (Fsp3) is 0.647. The summed E-state index contributed by atoms with van der Waals surface area (Å²) in [5, 5.41) is 3.55. The molecule has 0 aliphatic heterocycles. The molecular formula is C17H29BrN2. The molecule has 0 aromatic heterocycles. The van der Waals surface area contributed by atoms with Crippen molar-refractivity contribution in [3.63, 3.8) is 0 Å². The van der Waals surface area contributed by atoms with Gasteiger partial charge in [0.05, 0.1) is 0 Å². The number of benzene rings is 1. The van der Waals surface area contributed by atoms with Crippen molar-refractivity contribution in [3.05, 3.63) is 28.2 Å². The zero-order valence-corrected chi connectivity index (χ0v) is 15.1. The van der Waals surface area contributed by atoms with Gasteiger partial charge in [0.2, 0.25) is 0 Å². The molecule has 0 bridgehead atoms. The zero-order valence-electron chi connectivity index (χ0n) is 13.5. The van der Waals surface area contributed by atoms with Gasteiger partial charge in [0.15, 0.2) is 0 Å². The molecule has 0 aliphatic carbocycles. The highest BCUT2D eigenvalue weighted by Gasteiger charge is 2.14. The summed E-state index contributed by atoms with van der Waals surface area (Å²) in [6.45, 7) is 11.0. The topological polar surface area (TPSA) is 15.3 Å². The van der Waals surface area contributed by atoms with Crippen molar-refractivity contribution in [2.45, 2.75) is 53.1 Å². The highest BCUT2D eigenvalue weighted by atomic mass is 79.9. The lowest BCUT2D eigenvalue weighted by atomic mass is 10.1. The van der Waals surface area contributed by atoms with Crippen molar-refractivity contribution in [2.75, 3.05) is 18.5 Å². The van der Waals surface area contributed by atoms with Crippen LogP contribution in [0.1, 0.15) is 46.1 Å². The number of hydrogen-bond acceptors (Lipinski definition) is 2. The Morgan fingerprint density at radius 2 is 1.85 bits per heavy atom. The molecule has 0 spiro atoms. The van der Waals surface area contributed by atoms with Crippen LogP contribution in [0.2, 0.25) is 0 Å². The van der Waals surface area contributed by atoms with Crippen LogP contribution < -0.4 is 10.2 Å². The van der Waals surface area contributed by atoms with Crippen LogP contribution in [-0.4, -0.2) is 19.6 Å². The molecule has 0 fully saturated rings. The molecule has 114 valence electrons. The third-order valence-corrected chi connectivity index (χ3v) is 4.27. The minimum absolute atomic E-state index is 0.611. The Kier molecular flexibility index (Phi) is 7.60. The maximum absolute atomic E-state index is 3.59. The first kappa shape index (κ1) is 17.5. The smallest absolute Gasteiger partial charge is 0.0412 e. The lowest BCUT2D eigenvalue weighted by Crippen LogP contribution is -2.32. The van der Waals surface area contributed by atoms with E-state index in [1.165, 1.54) is 24.1 Å². The third-order valence-electron chi connectivity index (χ3n) is 3.78. The van der Waals surface area contributed by atoms with Crippen LogP contribution in [0.3, 0.4) is 0 Å². The lowest BCUT2D eigenvalue weighted by molar-refractivity contribution is 0.549.